The second-order valence-electron chi connectivity index (χ2n) is 6.30. The molecule has 0 N–H and O–H groups in total. The number of fused-ring (bicyclic) bond motifs is 1. The topological polar surface area (TPSA) is 43.4 Å². The number of Topliss-reactive ketones (excluding diaryl/α,β-unsaturated/α-hetero) is 1. The molecule has 1 aromatic rings. The van der Waals surface area contributed by atoms with E-state index in [0.29, 0.717) is 12.8 Å². The van der Waals surface area contributed by atoms with E-state index in [9.17, 15) is 9.59 Å². The summed E-state index contributed by atoms with van der Waals surface area (Å²) in [7, 11) is 1.40. The molecule has 1 aromatic carbocycles. The number of methoxy groups -OCH3 is 1. The molecule has 0 heterocycles. The zero-order chi connectivity index (χ0) is 15.1. The number of hydrogen-bond acceptors (Lipinski definition) is 3. The van der Waals surface area contributed by atoms with Crippen LogP contribution in [-0.2, 0) is 22.4 Å². The Balaban J connectivity index is 2.41. The lowest BCUT2D eigenvalue weighted by molar-refractivity contribution is -0.140. The van der Waals surface area contributed by atoms with E-state index in [4.69, 9.17) is 4.74 Å². The Labute approximate surface area is 120 Å². The number of ether oxygens (including phenoxy) is 1. The molecule has 1 aliphatic rings. The van der Waals surface area contributed by atoms with Gasteiger partial charge in [-0.3, -0.25) is 9.59 Å². The minimum Gasteiger partial charge on any atom is -0.469 e. The van der Waals surface area contributed by atoms with Crippen molar-refractivity contribution in [3.8, 4) is 0 Å². The van der Waals surface area contributed by atoms with E-state index in [1.165, 1.54) is 7.11 Å². The number of benzene rings is 1. The molecule has 1 aliphatic carbocycles. The van der Waals surface area contributed by atoms with Crippen molar-refractivity contribution < 1.29 is 14.3 Å². The summed E-state index contributed by atoms with van der Waals surface area (Å²) in [5, 5.41) is 0. The van der Waals surface area contributed by atoms with Crippen LogP contribution in [0.4, 0.5) is 0 Å². The summed E-state index contributed by atoms with van der Waals surface area (Å²) in [4.78, 5) is 23.8. The van der Waals surface area contributed by atoms with Crippen molar-refractivity contribution >= 4 is 11.8 Å². The molecule has 0 atom stereocenters. The number of esters is 1. The third-order valence-corrected chi connectivity index (χ3v) is 4.30. The van der Waals surface area contributed by atoms with E-state index in [1.54, 1.807) is 0 Å². The van der Waals surface area contributed by atoms with Crippen LogP contribution in [0.2, 0.25) is 0 Å². The van der Waals surface area contributed by atoms with Gasteiger partial charge in [-0.15, -0.1) is 0 Å². The highest BCUT2D eigenvalue weighted by atomic mass is 16.5. The predicted molar refractivity (Wildman–Crippen MR) is 78.1 cm³/mol. The molecule has 0 aromatic heterocycles. The van der Waals surface area contributed by atoms with E-state index in [-0.39, 0.29) is 17.2 Å². The van der Waals surface area contributed by atoms with Crippen LogP contribution in [0.3, 0.4) is 0 Å². The van der Waals surface area contributed by atoms with Gasteiger partial charge in [0.25, 0.3) is 0 Å². The van der Waals surface area contributed by atoms with Crippen LogP contribution in [0, 0.1) is 19.3 Å². The third-order valence-electron chi connectivity index (χ3n) is 4.30. The number of carbonyl (C=O) groups is 2. The summed E-state index contributed by atoms with van der Waals surface area (Å²) in [5.74, 6) is 0.0141. The van der Waals surface area contributed by atoms with Gasteiger partial charge >= 0.3 is 5.97 Å². The van der Waals surface area contributed by atoms with Gasteiger partial charge in [0, 0.05) is 17.4 Å². The highest BCUT2D eigenvalue weighted by Crippen LogP contribution is 2.39. The van der Waals surface area contributed by atoms with Crippen molar-refractivity contribution in [2.24, 2.45) is 5.41 Å². The van der Waals surface area contributed by atoms with Gasteiger partial charge in [-0.1, -0.05) is 19.9 Å². The van der Waals surface area contributed by atoms with Crippen molar-refractivity contribution in [1.82, 2.24) is 0 Å². The predicted octanol–water partition coefficient (Wildman–Crippen LogP) is 3.17. The highest BCUT2D eigenvalue weighted by Gasteiger charge is 2.39. The van der Waals surface area contributed by atoms with Crippen LogP contribution in [0.15, 0.2) is 6.07 Å². The minimum atomic E-state index is -0.305. The van der Waals surface area contributed by atoms with Gasteiger partial charge in [-0.25, -0.2) is 0 Å². The van der Waals surface area contributed by atoms with Gasteiger partial charge in [0.05, 0.1) is 7.11 Å². The first-order valence-electron chi connectivity index (χ1n) is 7.01. The minimum absolute atomic E-state index is 0.212. The Bertz CT molecular complexity index is 582. The van der Waals surface area contributed by atoms with Crippen LogP contribution in [-0.4, -0.2) is 18.9 Å². The van der Waals surface area contributed by atoms with E-state index < -0.39 is 0 Å². The van der Waals surface area contributed by atoms with Crippen molar-refractivity contribution in [2.45, 2.75) is 47.0 Å². The first-order valence-corrected chi connectivity index (χ1v) is 7.01. The molecule has 0 radical (unpaired) electrons. The Hall–Kier alpha value is -1.64. The molecular formula is C17H22O3. The fourth-order valence-corrected chi connectivity index (χ4v) is 3.17. The van der Waals surface area contributed by atoms with Crippen LogP contribution in [0.1, 0.15) is 52.9 Å². The van der Waals surface area contributed by atoms with Gasteiger partial charge in [-0.05, 0) is 48.9 Å². The summed E-state index contributed by atoms with van der Waals surface area (Å²) < 4.78 is 4.69. The first-order chi connectivity index (χ1) is 9.27. The number of aryl methyl sites for hydroxylation is 1. The molecule has 2 rings (SSSR count). The molecule has 0 unspecified atom stereocenters. The Morgan fingerprint density at radius 1 is 1.35 bits per heavy atom. The van der Waals surface area contributed by atoms with E-state index >= 15 is 0 Å². The largest absolute Gasteiger partial charge is 0.469 e. The maximum atomic E-state index is 12.5. The standard InChI is InChI=1S/C17H22O3/c1-10-8-12-9-17(3,4)16(19)15(12)11(2)13(10)6-7-14(18)20-5/h8H,6-7,9H2,1-5H3. The maximum Gasteiger partial charge on any atom is 0.305 e. The monoisotopic (exact) mass is 274 g/mol. The smallest absolute Gasteiger partial charge is 0.305 e. The molecule has 0 bridgehead atoms. The van der Waals surface area contributed by atoms with E-state index in [1.807, 2.05) is 20.8 Å². The van der Waals surface area contributed by atoms with Crippen molar-refractivity contribution in [3.63, 3.8) is 0 Å². The molecule has 3 heteroatoms. The van der Waals surface area contributed by atoms with Crippen LogP contribution >= 0.6 is 0 Å². The van der Waals surface area contributed by atoms with Gasteiger partial charge in [0.1, 0.15) is 0 Å². The molecule has 0 amide bonds. The Kier molecular flexibility index (Phi) is 3.72. The van der Waals surface area contributed by atoms with E-state index in [2.05, 4.69) is 13.0 Å². The molecule has 3 nitrogen and oxygen atoms in total. The van der Waals surface area contributed by atoms with Gasteiger partial charge in [-0.2, -0.15) is 0 Å². The second-order valence-corrected chi connectivity index (χ2v) is 6.30. The molecule has 0 saturated carbocycles. The molecule has 0 saturated heterocycles. The maximum absolute atomic E-state index is 12.5. The number of hydrogen-bond donors (Lipinski definition) is 0. The Morgan fingerprint density at radius 3 is 2.60 bits per heavy atom. The van der Waals surface area contributed by atoms with Crippen LogP contribution < -0.4 is 0 Å². The van der Waals surface area contributed by atoms with Gasteiger partial charge < -0.3 is 4.74 Å². The summed E-state index contributed by atoms with van der Waals surface area (Å²) in [5.41, 5.74) is 5.04. The summed E-state index contributed by atoms with van der Waals surface area (Å²) in [6, 6.07) is 2.11. The summed E-state index contributed by atoms with van der Waals surface area (Å²) >= 11 is 0. The highest BCUT2D eigenvalue weighted by molar-refractivity contribution is 6.06. The molecule has 0 aliphatic heterocycles. The summed E-state index contributed by atoms with van der Waals surface area (Å²) in [6.07, 6.45) is 1.79. The van der Waals surface area contributed by atoms with Gasteiger partial charge in [0.15, 0.2) is 5.78 Å². The van der Waals surface area contributed by atoms with Crippen molar-refractivity contribution in [3.05, 3.63) is 33.9 Å². The van der Waals surface area contributed by atoms with Crippen LogP contribution in [0.5, 0.6) is 0 Å². The third kappa shape index (κ3) is 2.37. The fraction of sp³-hybridized carbons (Fsp3) is 0.529. The zero-order valence-electron chi connectivity index (χ0n) is 12.9. The number of carbonyl (C=O) groups excluding carboxylic acids is 2. The molecule has 108 valence electrons. The average molecular weight is 274 g/mol. The molecular weight excluding hydrogens is 252 g/mol. The SMILES string of the molecule is COC(=O)CCc1c(C)cc2c(c1C)C(=O)C(C)(C)C2. The second kappa shape index (κ2) is 5.04. The van der Waals surface area contributed by atoms with E-state index in [0.717, 1.165) is 34.2 Å². The first kappa shape index (κ1) is 14.8. The lowest BCUT2D eigenvalue weighted by atomic mass is 9.88. The average Bonchev–Trinajstić information content (AvgIpc) is 2.59. The lowest BCUT2D eigenvalue weighted by Crippen LogP contribution is -2.19. The number of ketones is 1. The summed E-state index contributed by atoms with van der Waals surface area (Å²) in [6.45, 7) is 8.05. The Morgan fingerprint density at radius 2 is 2.00 bits per heavy atom. The molecule has 20 heavy (non-hydrogen) atoms. The quantitative estimate of drug-likeness (QED) is 0.795. The lowest BCUT2D eigenvalue weighted by Gasteiger charge is -2.15. The fourth-order valence-electron chi connectivity index (χ4n) is 3.17. The van der Waals surface area contributed by atoms with Crippen LogP contribution in [0.25, 0.3) is 0 Å². The van der Waals surface area contributed by atoms with Gasteiger partial charge in [0.2, 0.25) is 0 Å². The molecule has 0 spiro atoms. The number of rotatable bonds is 3. The molecule has 0 fully saturated rings. The normalized spacial score (nSPS) is 16.1. The van der Waals surface area contributed by atoms with Crippen molar-refractivity contribution in [1.29, 1.82) is 0 Å². The van der Waals surface area contributed by atoms with Crippen molar-refractivity contribution in [2.75, 3.05) is 7.11 Å². The zero-order valence-corrected chi connectivity index (χ0v) is 12.9.